The van der Waals surface area contributed by atoms with Crippen molar-refractivity contribution in [2.24, 2.45) is 0 Å². The molecule has 2 aromatic carbocycles. The predicted molar refractivity (Wildman–Crippen MR) is 101 cm³/mol. The van der Waals surface area contributed by atoms with E-state index < -0.39 is 0 Å². The summed E-state index contributed by atoms with van der Waals surface area (Å²) < 4.78 is 10.5. The fraction of sp³-hybridized carbons (Fsp3) is 0.333. The number of carbonyl (C=O) groups excluding carboxylic acids is 2. The molecule has 0 saturated carbocycles. The number of ether oxygens (including phenoxy) is 2. The van der Waals surface area contributed by atoms with Crippen LogP contribution in [0.25, 0.3) is 0 Å². The highest BCUT2D eigenvalue weighted by atomic mass is 16.5. The number of carbonyl (C=O) groups is 2. The van der Waals surface area contributed by atoms with Gasteiger partial charge in [-0.15, -0.1) is 0 Å². The summed E-state index contributed by atoms with van der Waals surface area (Å²) in [6, 6.07) is 14.7. The van der Waals surface area contributed by atoms with Crippen molar-refractivity contribution in [3.8, 4) is 0 Å². The molecule has 2 heterocycles. The van der Waals surface area contributed by atoms with Crippen molar-refractivity contribution in [1.29, 1.82) is 0 Å². The van der Waals surface area contributed by atoms with Gasteiger partial charge in [0.25, 0.3) is 5.91 Å². The third-order valence-electron chi connectivity index (χ3n) is 5.09. The maximum absolute atomic E-state index is 13.2. The Balaban J connectivity index is 1.67. The largest absolute Gasteiger partial charge is 0.465 e. The minimum atomic E-state index is -0.379. The maximum atomic E-state index is 13.2. The number of benzene rings is 2. The molecule has 0 radical (unpaired) electrons. The third kappa shape index (κ3) is 3.40. The number of amides is 1. The van der Waals surface area contributed by atoms with Gasteiger partial charge in [0.05, 0.1) is 24.3 Å². The molecule has 0 bridgehead atoms. The summed E-state index contributed by atoms with van der Waals surface area (Å²) in [5.41, 5.74) is 2.86. The number of fused-ring (bicyclic) bond motifs is 1. The van der Waals surface area contributed by atoms with Crippen LogP contribution in [-0.2, 0) is 9.47 Å². The Labute approximate surface area is 158 Å². The molecule has 1 N–H and O–H groups in total. The van der Waals surface area contributed by atoms with E-state index in [0.717, 1.165) is 30.7 Å². The minimum absolute atomic E-state index is 0.0121. The lowest BCUT2D eigenvalue weighted by Crippen LogP contribution is -2.46. The van der Waals surface area contributed by atoms with Crippen molar-refractivity contribution in [2.45, 2.75) is 25.1 Å². The molecule has 0 spiro atoms. The van der Waals surface area contributed by atoms with Crippen molar-refractivity contribution in [1.82, 2.24) is 4.90 Å². The first-order valence-electron chi connectivity index (χ1n) is 9.14. The van der Waals surface area contributed by atoms with Gasteiger partial charge < -0.3 is 19.7 Å². The van der Waals surface area contributed by atoms with Gasteiger partial charge in [-0.25, -0.2) is 4.79 Å². The monoisotopic (exact) mass is 366 g/mol. The van der Waals surface area contributed by atoms with Gasteiger partial charge in [0, 0.05) is 18.8 Å². The molecule has 4 rings (SSSR count). The van der Waals surface area contributed by atoms with E-state index >= 15 is 0 Å². The fourth-order valence-corrected chi connectivity index (χ4v) is 3.67. The van der Waals surface area contributed by atoms with Crippen LogP contribution in [0.4, 0.5) is 5.69 Å². The number of esters is 1. The first-order chi connectivity index (χ1) is 13.2. The molecular weight excluding hydrogens is 344 g/mol. The Morgan fingerprint density at radius 1 is 1.22 bits per heavy atom. The van der Waals surface area contributed by atoms with Crippen LogP contribution in [0.1, 0.15) is 45.3 Å². The van der Waals surface area contributed by atoms with Crippen LogP contribution in [0.2, 0.25) is 0 Å². The van der Waals surface area contributed by atoms with E-state index in [4.69, 9.17) is 9.47 Å². The van der Waals surface area contributed by atoms with Gasteiger partial charge in [0.15, 0.2) is 0 Å². The number of para-hydroxylation sites is 1. The molecular formula is C21H22N2O4. The summed E-state index contributed by atoms with van der Waals surface area (Å²) in [5.74, 6) is -0.391. The summed E-state index contributed by atoms with van der Waals surface area (Å²) >= 11 is 0. The molecule has 140 valence electrons. The van der Waals surface area contributed by atoms with Crippen molar-refractivity contribution in [2.75, 3.05) is 25.6 Å². The Morgan fingerprint density at radius 3 is 2.70 bits per heavy atom. The van der Waals surface area contributed by atoms with E-state index in [1.807, 2.05) is 41.3 Å². The van der Waals surface area contributed by atoms with Gasteiger partial charge in [-0.2, -0.15) is 0 Å². The fourth-order valence-electron chi connectivity index (χ4n) is 3.67. The molecule has 1 saturated heterocycles. The molecule has 0 unspecified atom stereocenters. The number of anilines is 1. The smallest absolute Gasteiger partial charge is 0.337 e. The molecule has 2 atom stereocenters. The van der Waals surface area contributed by atoms with Crippen LogP contribution in [0.3, 0.4) is 0 Å². The SMILES string of the molecule is COC(=O)c1ccc([C@H]2Nc3ccccc3C(=O)N2C[C@@H]2CCCO2)cc1. The zero-order chi connectivity index (χ0) is 18.8. The molecule has 1 amide bonds. The minimum Gasteiger partial charge on any atom is -0.465 e. The van der Waals surface area contributed by atoms with Gasteiger partial charge >= 0.3 is 5.97 Å². The van der Waals surface area contributed by atoms with Crippen LogP contribution in [0.5, 0.6) is 0 Å². The summed E-state index contributed by atoms with van der Waals surface area (Å²) in [4.78, 5) is 26.7. The van der Waals surface area contributed by atoms with Crippen LogP contribution in [0.15, 0.2) is 48.5 Å². The first kappa shape index (κ1) is 17.5. The van der Waals surface area contributed by atoms with Crippen LogP contribution in [0, 0.1) is 0 Å². The van der Waals surface area contributed by atoms with Gasteiger partial charge in [-0.05, 0) is 42.7 Å². The number of rotatable bonds is 4. The van der Waals surface area contributed by atoms with E-state index in [1.54, 1.807) is 12.1 Å². The number of hydrogen-bond donors (Lipinski definition) is 1. The van der Waals surface area contributed by atoms with Crippen LogP contribution >= 0.6 is 0 Å². The predicted octanol–water partition coefficient (Wildman–Crippen LogP) is 3.22. The highest BCUT2D eigenvalue weighted by Crippen LogP contribution is 2.34. The van der Waals surface area contributed by atoms with Gasteiger partial charge in [0.1, 0.15) is 6.17 Å². The van der Waals surface area contributed by atoms with Crippen LogP contribution in [-0.4, -0.2) is 43.1 Å². The van der Waals surface area contributed by atoms with E-state index in [1.165, 1.54) is 7.11 Å². The molecule has 6 nitrogen and oxygen atoms in total. The van der Waals surface area contributed by atoms with E-state index in [0.29, 0.717) is 17.7 Å². The second kappa shape index (κ2) is 7.40. The summed E-state index contributed by atoms with van der Waals surface area (Å²) in [5, 5.41) is 3.46. The Kier molecular flexibility index (Phi) is 4.81. The number of nitrogens with zero attached hydrogens (tertiary/aromatic N) is 1. The molecule has 27 heavy (non-hydrogen) atoms. The molecule has 2 aliphatic rings. The summed E-state index contributed by atoms with van der Waals surface area (Å²) in [6.45, 7) is 1.28. The highest BCUT2D eigenvalue weighted by molar-refractivity contribution is 6.01. The zero-order valence-electron chi connectivity index (χ0n) is 15.2. The quantitative estimate of drug-likeness (QED) is 0.842. The van der Waals surface area contributed by atoms with Crippen molar-refractivity contribution in [3.05, 3.63) is 65.2 Å². The molecule has 6 heteroatoms. The second-order valence-electron chi connectivity index (χ2n) is 6.80. The van der Waals surface area contributed by atoms with E-state index in [-0.39, 0.29) is 24.1 Å². The lowest BCUT2D eigenvalue weighted by molar-refractivity contribution is 0.0426. The first-order valence-corrected chi connectivity index (χ1v) is 9.14. The van der Waals surface area contributed by atoms with Gasteiger partial charge in [-0.1, -0.05) is 24.3 Å². The van der Waals surface area contributed by atoms with Gasteiger partial charge in [0.2, 0.25) is 0 Å². The van der Waals surface area contributed by atoms with Crippen LogP contribution < -0.4 is 5.32 Å². The lowest BCUT2D eigenvalue weighted by Gasteiger charge is -2.39. The molecule has 0 aromatic heterocycles. The zero-order valence-corrected chi connectivity index (χ0v) is 15.2. The second-order valence-corrected chi connectivity index (χ2v) is 6.80. The van der Waals surface area contributed by atoms with E-state index in [9.17, 15) is 9.59 Å². The highest BCUT2D eigenvalue weighted by Gasteiger charge is 2.35. The maximum Gasteiger partial charge on any atom is 0.337 e. The topological polar surface area (TPSA) is 67.9 Å². The van der Waals surface area contributed by atoms with E-state index in [2.05, 4.69) is 5.32 Å². The van der Waals surface area contributed by atoms with Crippen molar-refractivity contribution >= 4 is 17.6 Å². The average Bonchev–Trinajstić information content (AvgIpc) is 3.23. The molecule has 1 fully saturated rings. The Bertz CT molecular complexity index is 844. The summed E-state index contributed by atoms with van der Waals surface area (Å²) in [7, 11) is 1.36. The third-order valence-corrected chi connectivity index (χ3v) is 5.09. The normalized spacial score (nSPS) is 21.5. The molecule has 0 aliphatic carbocycles. The van der Waals surface area contributed by atoms with Crippen molar-refractivity contribution in [3.63, 3.8) is 0 Å². The standard InChI is InChI=1S/C21H22N2O4/c1-26-21(25)15-10-8-14(9-11-15)19-22-18-7-3-2-6-17(18)20(24)23(19)13-16-5-4-12-27-16/h2-3,6-11,16,19,22H,4-5,12-13H2,1H3/t16-,19-/m0/s1. The Hall–Kier alpha value is -2.86. The molecule has 2 aliphatic heterocycles. The summed E-state index contributed by atoms with van der Waals surface area (Å²) in [6.07, 6.45) is 1.72. The average molecular weight is 366 g/mol. The molecule has 2 aromatic rings. The number of nitrogens with one attached hydrogen (secondary N) is 1. The van der Waals surface area contributed by atoms with Gasteiger partial charge in [-0.3, -0.25) is 4.79 Å². The number of methoxy groups -OCH3 is 1. The lowest BCUT2D eigenvalue weighted by atomic mass is 10.0. The Morgan fingerprint density at radius 2 is 2.00 bits per heavy atom. The van der Waals surface area contributed by atoms with Crippen molar-refractivity contribution < 1.29 is 19.1 Å². The number of hydrogen-bond acceptors (Lipinski definition) is 5.